The van der Waals surface area contributed by atoms with Crippen molar-refractivity contribution in [2.24, 2.45) is 0 Å². The van der Waals surface area contributed by atoms with E-state index in [0.717, 1.165) is 138 Å². The number of carboxylic acids is 20. The van der Waals surface area contributed by atoms with Crippen LogP contribution in [0.25, 0.3) is 0 Å². The van der Waals surface area contributed by atoms with Gasteiger partial charge in [0.2, 0.25) is 0 Å². The van der Waals surface area contributed by atoms with Crippen LogP contribution >= 0.6 is 0 Å². The molecule has 0 spiro atoms. The van der Waals surface area contributed by atoms with E-state index in [2.05, 4.69) is 0 Å². The zero-order chi connectivity index (χ0) is 71.5. The molecule has 0 unspecified atom stereocenters. The summed E-state index contributed by atoms with van der Waals surface area (Å²) in [5.41, 5.74) is 0. The number of carbonyl (C=O) groups is 20. The van der Waals surface area contributed by atoms with E-state index < -0.39 is 119 Å². The predicted octanol–water partition coefficient (Wildman–Crippen LogP) is -19.8. The molecule has 0 bridgehead atoms. The molecule has 0 saturated heterocycles. The van der Waals surface area contributed by atoms with Crippen molar-refractivity contribution in [3.8, 4) is 0 Å². The van der Waals surface area contributed by atoms with Gasteiger partial charge in [0.25, 0.3) is 89.5 Å². The fraction of sp³-hybridized carbons (Fsp3) is 0.500. The molecular weight excluding hydrogens is 1320 g/mol. The minimum absolute atomic E-state index is 0. The van der Waals surface area contributed by atoms with E-state index in [4.69, 9.17) is 198 Å². The minimum atomic E-state index is -1.08. The van der Waals surface area contributed by atoms with Crippen LogP contribution in [0.4, 0.5) is 0 Å². The van der Waals surface area contributed by atoms with E-state index in [9.17, 15) is 0 Å². The molecule has 0 aromatic rings. The SMILES string of the molecule is CC(=O)O.CC(=O)O.CC(=O)O.CC(=O)O.CC(=O)O.CC(=O)O.CC(=O)O.CC(=O)O.CC(=O)O.CC(=O)O.CC(=O)O.CC(=O)O.CC(=O)O.CC(=O)O.CC(=O)O.CC(=O)[O-].CC(=O)[O-].CC(=O)[O-].CC(=O)[O-].CC(=O)[O-].[K+].[K+].[K+].[K+].[K+]. The second kappa shape index (κ2) is 160. The monoisotopic (exact) mass is 1390 g/mol. The number of carboxylic acid groups (broad SMARTS) is 20. The normalized spacial score (nSPS) is 5.88. The van der Waals surface area contributed by atoms with Gasteiger partial charge in [-0.2, -0.15) is 0 Å². The summed E-state index contributed by atoms with van der Waals surface area (Å²) in [6.07, 6.45) is 0. The van der Waals surface area contributed by atoms with Gasteiger partial charge in [0, 0.05) is 134 Å². The Morgan fingerprint density at radius 3 is 0.141 bits per heavy atom. The molecule has 0 aromatic heterocycles. The van der Waals surface area contributed by atoms with Crippen LogP contribution < -0.4 is 282 Å². The second-order valence-electron chi connectivity index (χ2n) is 10.2. The van der Waals surface area contributed by atoms with Crippen LogP contribution in [0, 0.1) is 0 Å². The van der Waals surface area contributed by atoms with Crippen LogP contribution in [0.3, 0.4) is 0 Å². The van der Waals surface area contributed by atoms with Crippen molar-refractivity contribution >= 4 is 119 Å². The van der Waals surface area contributed by atoms with Crippen LogP contribution in [0.5, 0.6) is 0 Å². The Morgan fingerprint density at radius 1 is 0.141 bits per heavy atom. The van der Waals surface area contributed by atoms with Crippen LogP contribution in [0.15, 0.2) is 0 Å². The molecule has 0 aromatic carbocycles. The van der Waals surface area contributed by atoms with Crippen molar-refractivity contribution in [3.05, 3.63) is 0 Å². The standard InChI is InChI=1S/20C2H4O2.5K/c20*1-2(3)4;;;;;/h20*1H3,(H,3,4);;;;;/q;;;;;;;;;;;;;;;;;;;;5*+1/p-5. The van der Waals surface area contributed by atoms with Gasteiger partial charge in [-0.15, -0.1) is 0 Å². The van der Waals surface area contributed by atoms with Crippen LogP contribution in [0.2, 0.25) is 0 Å². The zero-order valence-electron chi connectivity index (χ0n) is 51.9. The average molecular weight is 1390 g/mol. The van der Waals surface area contributed by atoms with Gasteiger partial charge in [0.05, 0.1) is 0 Å². The first kappa shape index (κ1) is 166. The number of hydrogen-bond donors (Lipinski definition) is 15. The Labute approximate surface area is 700 Å². The number of rotatable bonds is 0. The van der Waals surface area contributed by atoms with Gasteiger partial charge in [-0.05, 0) is 34.6 Å². The molecule has 0 saturated carbocycles. The van der Waals surface area contributed by atoms with Crippen molar-refractivity contribution in [2.75, 3.05) is 0 Å². The maximum absolute atomic E-state index is 9.00. The van der Waals surface area contributed by atoms with E-state index in [-0.39, 0.29) is 257 Å². The first-order chi connectivity index (χ1) is 34.6. The van der Waals surface area contributed by atoms with E-state index in [1.807, 2.05) is 0 Å². The third kappa shape index (κ3) is 88400. The summed E-state index contributed by atoms with van der Waals surface area (Å²) >= 11 is 0. The summed E-state index contributed by atoms with van der Waals surface area (Å²) in [5.74, 6) is -17.9. The Kier molecular flexibility index (Phi) is 312. The minimum Gasteiger partial charge on any atom is -0.550 e. The topological polar surface area (TPSA) is 760 Å². The van der Waals surface area contributed by atoms with Crippen molar-refractivity contribution < 1.29 is 455 Å². The third-order valence-corrected chi connectivity index (χ3v) is 0. The molecule has 480 valence electrons. The number of hydrogen-bond acceptors (Lipinski definition) is 25. The van der Waals surface area contributed by atoms with Crippen molar-refractivity contribution in [1.29, 1.82) is 0 Å². The van der Waals surface area contributed by atoms with E-state index in [1.54, 1.807) is 0 Å². The number of carbonyl (C=O) groups excluding carboxylic acids is 5. The van der Waals surface area contributed by atoms with Gasteiger partial charge in [-0.3, -0.25) is 71.9 Å². The van der Waals surface area contributed by atoms with E-state index in [1.165, 1.54) is 0 Å². The Balaban J connectivity index is -0.0000000193. The van der Waals surface area contributed by atoms with Gasteiger partial charge in [0.1, 0.15) is 0 Å². The fourth-order valence-electron chi connectivity index (χ4n) is 0. The maximum Gasteiger partial charge on any atom is 1.00 e. The fourth-order valence-corrected chi connectivity index (χ4v) is 0. The molecule has 0 radical (unpaired) electrons. The molecule has 0 atom stereocenters. The molecule has 45 heteroatoms. The summed E-state index contributed by atoms with van der Waals surface area (Å²) in [5, 5.41) is 156. The van der Waals surface area contributed by atoms with Crippen LogP contribution in [-0.2, 0) is 95.9 Å². The maximum atomic E-state index is 9.00. The molecule has 0 amide bonds. The zero-order valence-corrected chi connectivity index (χ0v) is 67.5. The molecule has 0 rings (SSSR count). The molecule has 0 heterocycles. The summed E-state index contributed by atoms with van der Waals surface area (Å²) in [6, 6.07) is 0. The Morgan fingerprint density at radius 2 is 0.141 bits per heavy atom. The largest absolute Gasteiger partial charge is 1.00 e. The first-order valence-corrected chi connectivity index (χ1v) is 18.5. The molecule has 0 aliphatic heterocycles. The molecule has 0 aliphatic carbocycles. The molecule has 40 nitrogen and oxygen atoms in total. The quantitative estimate of drug-likeness (QED) is 0.100. The molecule has 85 heavy (non-hydrogen) atoms. The smallest absolute Gasteiger partial charge is 0.550 e. The van der Waals surface area contributed by atoms with Gasteiger partial charge < -0.3 is 126 Å². The summed E-state index contributed by atoms with van der Waals surface area (Å²) < 4.78 is 0. The molecule has 0 aliphatic rings. The molecular formula is C40H75K5O40. The van der Waals surface area contributed by atoms with Crippen LogP contribution in [0.1, 0.15) is 138 Å². The van der Waals surface area contributed by atoms with Gasteiger partial charge in [-0.1, -0.05) is 0 Å². The van der Waals surface area contributed by atoms with Crippen molar-refractivity contribution in [2.45, 2.75) is 138 Å². The molecule has 0 fully saturated rings. The average Bonchev–Trinajstić information content (AvgIpc) is 2.99. The van der Waals surface area contributed by atoms with Crippen molar-refractivity contribution in [1.82, 2.24) is 0 Å². The summed E-state index contributed by atoms with van der Waals surface area (Å²) in [4.78, 5) is 179. The third-order valence-electron chi connectivity index (χ3n) is 0. The van der Waals surface area contributed by atoms with Crippen molar-refractivity contribution in [3.63, 3.8) is 0 Å². The van der Waals surface area contributed by atoms with Gasteiger partial charge in [-0.25, -0.2) is 0 Å². The molecule has 15 N–H and O–H groups in total. The Hall–Kier alpha value is -2.42. The Bertz CT molecular complexity index is 1090. The number of aliphatic carboxylic acids is 20. The first-order valence-electron chi connectivity index (χ1n) is 18.5. The van der Waals surface area contributed by atoms with Gasteiger partial charge in [0.15, 0.2) is 0 Å². The van der Waals surface area contributed by atoms with Gasteiger partial charge >= 0.3 is 257 Å². The summed E-state index contributed by atoms with van der Waals surface area (Å²) in [7, 11) is 0. The van der Waals surface area contributed by atoms with E-state index in [0.29, 0.717) is 0 Å². The second-order valence-corrected chi connectivity index (χ2v) is 10.2. The summed E-state index contributed by atoms with van der Waals surface area (Å²) in [6.45, 7) is 21.1. The van der Waals surface area contributed by atoms with Crippen LogP contribution in [-0.4, -0.2) is 196 Å². The van der Waals surface area contributed by atoms with E-state index >= 15 is 0 Å². The predicted molar refractivity (Wildman–Crippen MR) is 253 cm³/mol.